The summed E-state index contributed by atoms with van der Waals surface area (Å²) < 4.78 is 5.35. The SMILES string of the molecule is O=C(COC(=O)c1c2c(nc3ccccc13)CCCC2)c1ccc[nH]1. The van der Waals surface area contributed by atoms with E-state index in [0.29, 0.717) is 11.3 Å². The molecule has 25 heavy (non-hydrogen) atoms. The summed E-state index contributed by atoms with van der Waals surface area (Å²) in [6.07, 6.45) is 5.48. The van der Waals surface area contributed by atoms with Crippen LogP contribution in [-0.2, 0) is 17.6 Å². The van der Waals surface area contributed by atoms with Crippen LogP contribution in [0.1, 0.15) is 44.9 Å². The molecule has 0 atom stereocenters. The molecule has 126 valence electrons. The number of aromatic amines is 1. The quantitative estimate of drug-likeness (QED) is 0.586. The summed E-state index contributed by atoms with van der Waals surface area (Å²) in [7, 11) is 0. The molecule has 0 radical (unpaired) electrons. The number of aromatic nitrogens is 2. The van der Waals surface area contributed by atoms with Gasteiger partial charge in [0.2, 0.25) is 5.78 Å². The second-order valence-electron chi connectivity index (χ2n) is 6.22. The van der Waals surface area contributed by atoms with Gasteiger partial charge in [0.1, 0.15) is 0 Å². The number of hydrogen-bond acceptors (Lipinski definition) is 4. The van der Waals surface area contributed by atoms with E-state index in [1.54, 1.807) is 18.3 Å². The summed E-state index contributed by atoms with van der Waals surface area (Å²) >= 11 is 0. The summed E-state index contributed by atoms with van der Waals surface area (Å²) in [5.74, 6) is -0.692. The zero-order valence-electron chi connectivity index (χ0n) is 13.7. The summed E-state index contributed by atoms with van der Waals surface area (Å²) in [5, 5.41) is 0.792. The molecule has 0 saturated heterocycles. The first-order chi connectivity index (χ1) is 12.2. The Kier molecular flexibility index (Phi) is 4.06. The van der Waals surface area contributed by atoms with E-state index in [-0.39, 0.29) is 12.4 Å². The molecular weight excluding hydrogens is 316 g/mol. The third-order valence-corrected chi connectivity index (χ3v) is 4.61. The smallest absolute Gasteiger partial charge is 0.339 e. The number of carbonyl (C=O) groups is 2. The van der Waals surface area contributed by atoms with Crippen LogP contribution in [0.4, 0.5) is 0 Å². The van der Waals surface area contributed by atoms with Gasteiger partial charge in [0, 0.05) is 17.3 Å². The van der Waals surface area contributed by atoms with Crippen molar-refractivity contribution in [3.63, 3.8) is 0 Å². The molecule has 0 aliphatic heterocycles. The zero-order chi connectivity index (χ0) is 17.2. The predicted molar refractivity (Wildman–Crippen MR) is 93.8 cm³/mol. The van der Waals surface area contributed by atoms with Gasteiger partial charge in [0.25, 0.3) is 0 Å². The van der Waals surface area contributed by atoms with Crippen LogP contribution in [0.2, 0.25) is 0 Å². The molecule has 5 heteroatoms. The number of fused-ring (bicyclic) bond motifs is 2. The maximum atomic E-state index is 12.8. The van der Waals surface area contributed by atoms with Gasteiger partial charge in [-0.3, -0.25) is 9.78 Å². The van der Waals surface area contributed by atoms with Crippen LogP contribution in [-0.4, -0.2) is 28.3 Å². The van der Waals surface area contributed by atoms with E-state index in [2.05, 4.69) is 4.98 Å². The molecule has 1 aromatic carbocycles. The Morgan fingerprint density at radius 3 is 2.76 bits per heavy atom. The first-order valence-corrected chi connectivity index (χ1v) is 8.48. The third-order valence-electron chi connectivity index (χ3n) is 4.61. The van der Waals surface area contributed by atoms with E-state index < -0.39 is 5.97 Å². The van der Waals surface area contributed by atoms with Gasteiger partial charge >= 0.3 is 5.97 Å². The van der Waals surface area contributed by atoms with Crippen molar-refractivity contribution >= 4 is 22.7 Å². The number of esters is 1. The van der Waals surface area contributed by atoms with Gasteiger partial charge in [0.05, 0.1) is 16.8 Å². The number of hydrogen-bond donors (Lipinski definition) is 1. The average Bonchev–Trinajstić information content (AvgIpc) is 3.18. The maximum Gasteiger partial charge on any atom is 0.339 e. The number of para-hydroxylation sites is 1. The summed E-state index contributed by atoms with van der Waals surface area (Å²) in [6, 6.07) is 11.0. The Balaban J connectivity index is 1.67. The number of nitrogens with one attached hydrogen (secondary N) is 1. The fourth-order valence-electron chi connectivity index (χ4n) is 3.39. The summed E-state index contributed by atoms with van der Waals surface area (Å²) in [5.41, 5.74) is 3.76. The van der Waals surface area contributed by atoms with E-state index in [9.17, 15) is 9.59 Å². The summed E-state index contributed by atoms with van der Waals surface area (Å²) in [6.45, 7) is -0.273. The van der Waals surface area contributed by atoms with E-state index in [1.165, 1.54) is 0 Å². The van der Waals surface area contributed by atoms with Crippen molar-refractivity contribution in [2.24, 2.45) is 0 Å². The van der Waals surface area contributed by atoms with Gasteiger partial charge in [-0.05, 0) is 49.4 Å². The largest absolute Gasteiger partial charge is 0.454 e. The number of pyridine rings is 1. The molecular formula is C20H18N2O3. The lowest BCUT2D eigenvalue weighted by atomic mass is 9.90. The van der Waals surface area contributed by atoms with Crippen LogP contribution >= 0.6 is 0 Å². The van der Waals surface area contributed by atoms with Gasteiger partial charge in [0.15, 0.2) is 6.61 Å². The van der Waals surface area contributed by atoms with E-state index >= 15 is 0 Å². The minimum atomic E-state index is -0.448. The Morgan fingerprint density at radius 2 is 1.92 bits per heavy atom. The monoisotopic (exact) mass is 334 g/mol. The second kappa shape index (κ2) is 6.51. The maximum absolute atomic E-state index is 12.8. The van der Waals surface area contributed by atoms with Crippen molar-refractivity contribution in [3.05, 3.63) is 65.1 Å². The van der Waals surface area contributed by atoms with Gasteiger partial charge in [-0.2, -0.15) is 0 Å². The van der Waals surface area contributed by atoms with Crippen molar-refractivity contribution in [3.8, 4) is 0 Å². The van der Waals surface area contributed by atoms with Crippen LogP contribution in [0.5, 0.6) is 0 Å². The van der Waals surface area contributed by atoms with Crippen molar-refractivity contribution in [1.29, 1.82) is 0 Å². The number of aryl methyl sites for hydroxylation is 1. The lowest BCUT2D eigenvalue weighted by Crippen LogP contribution is -2.19. The molecule has 5 nitrogen and oxygen atoms in total. The van der Waals surface area contributed by atoms with Gasteiger partial charge in [-0.25, -0.2) is 4.79 Å². The first-order valence-electron chi connectivity index (χ1n) is 8.48. The normalized spacial score (nSPS) is 13.4. The highest BCUT2D eigenvalue weighted by Crippen LogP contribution is 2.29. The lowest BCUT2D eigenvalue weighted by Gasteiger charge is -2.19. The highest BCUT2D eigenvalue weighted by atomic mass is 16.5. The molecule has 2 aromatic heterocycles. The van der Waals surface area contributed by atoms with E-state index in [1.807, 2.05) is 24.3 Å². The average molecular weight is 334 g/mol. The van der Waals surface area contributed by atoms with E-state index in [0.717, 1.165) is 47.8 Å². The van der Waals surface area contributed by atoms with Crippen LogP contribution in [0.15, 0.2) is 42.6 Å². The Morgan fingerprint density at radius 1 is 1.08 bits per heavy atom. The topological polar surface area (TPSA) is 72.1 Å². The molecule has 0 bridgehead atoms. The number of nitrogens with zero attached hydrogens (tertiary/aromatic N) is 1. The highest BCUT2D eigenvalue weighted by Gasteiger charge is 2.24. The molecule has 0 unspecified atom stereocenters. The van der Waals surface area contributed by atoms with Crippen molar-refractivity contribution in [1.82, 2.24) is 9.97 Å². The Bertz CT molecular complexity index is 945. The minimum Gasteiger partial charge on any atom is -0.454 e. The molecule has 1 aliphatic rings. The van der Waals surface area contributed by atoms with Gasteiger partial charge in [-0.15, -0.1) is 0 Å². The minimum absolute atomic E-state index is 0.245. The zero-order valence-corrected chi connectivity index (χ0v) is 13.7. The standard InChI is InChI=1S/C20H18N2O3/c23-18(17-10-5-11-21-17)12-25-20(24)19-13-6-1-3-8-15(13)22-16-9-4-2-7-14(16)19/h1,3,5-6,8,10-11,21H,2,4,7,9,12H2. The first kappa shape index (κ1) is 15.6. The van der Waals surface area contributed by atoms with Crippen molar-refractivity contribution in [2.75, 3.05) is 6.61 Å². The molecule has 2 heterocycles. The molecule has 4 rings (SSSR count). The predicted octanol–water partition coefficient (Wildman–Crippen LogP) is 3.48. The molecule has 1 aliphatic carbocycles. The van der Waals surface area contributed by atoms with Crippen LogP contribution < -0.4 is 0 Å². The van der Waals surface area contributed by atoms with Crippen molar-refractivity contribution < 1.29 is 14.3 Å². The number of ketones is 1. The number of H-pyrrole nitrogens is 1. The van der Waals surface area contributed by atoms with E-state index in [4.69, 9.17) is 9.72 Å². The molecule has 0 spiro atoms. The van der Waals surface area contributed by atoms with Gasteiger partial charge < -0.3 is 9.72 Å². The fraction of sp³-hybridized carbons (Fsp3) is 0.250. The third kappa shape index (κ3) is 2.93. The Labute approximate surface area is 145 Å². The molecule has 3 aromatic rings. The second-order valence-corrected chi connectivity index (χ2v) is 6.22. The lowest BCUT2D eigenvalue weighted by molar-refractivity contribution is 0.0474. The van der Waals surface area contributed by atoms with Crippen LogP contribution in [0.3, 0.4) is 0 Å². The molecule has 1 N–H and O–H groups in total. The fourth-order valence-corrected chi connectivity index (χ4v) is 3.39. The molecule has 0 saturated carbocycles. The van der Waals surface area contributed by atoms with Crippen LogP contribution in [0.25, 0.3) is 10.9 Å². The molecule has 0 amide bonds. The number of benzene rings is 1. The number of ether oxygens (including phenoxy) is 1. The Hall–Kier alpha value is -2.95. The summed E-state index contributed by atoms with van der Waals surface area (Å²) in [4.78, 5) is 32.4. The van der Waals surface area contributed by atoms with Gasteiger partial charge in [-0.1, -0.05) is 18.2 Å². The number of rotatable bonds is 4. The number of Topliss-reactive ketones (excluding diaryl/α,β-unsaturated/α-hetero) is 1. The highest BCUT2D eigenvalue weighted by molar-refractivity contribution is 6.06. The van der Waals surface area contributed by atoms with Crippen molar-refractivity contribution in [2.45, 2.75) is 25.7 Å². The number of carbonyl (C=O) groups excluding carboxylic acids is 2. The van der Waals surface area contributed by atoms with Crippen LogP contribution in [0, 0.1) is 0 Å². The molecule has 0 fully saturated rings.